The molecule has 2 aliphatic rings. The van der Waals surface area contributed by atoms with Crippen LogP contribution in [0.3, 0.4) is 0 Å². The number of anilines is 1. The van der Waals surface area contributed by atoms with Crippen LogP contribution in [0, 0.1) is 6.92 Å². The van der Waals surface area contributed by atoms with E-state index in [2.05, 4.69) is 41.0 Å². The van der Waals surface area contributed by atoms with Crippen LogP contribution in [-0.2, 0) is 4.74 Å². The maximum Gasteiger partial charge on any atom is 0.134 e. The largest absolute Gasteiger partial charge is 0.490 e. The summed E-state index contributed by atoms with van der Waals surface area (Å²) in [5.74, 6) is 0.730. The number of aryl methyl sites for hydroxylation is 1. The topological polar surface area (TPSA) is 65.4 Å². The van der Waals surface area contributed by atoms with Gasteiger partial charge in [0.2, 0.25) is 0 Å². The summed E-state index contributed by atoms with van der Waals surface area (Å²) < 4.78 is 11.5. The number of ether oxygens (including phenoxy) is 2. The van der Waals surface area contributed by atoms with Gasteiger partial charge >= 0.3 is 0 Å². The first-order chi connectivity index (χ1) is 14.9. The summed E-state index contributed by atoms with van der Waals surface area (Å²) in [7, 11) is 0. The highest BCUT2D eigenvalue weighted by Crippen LogP contribution is 2.28. The Bertz CT molecular complexity index is 838. The fraction of sp³-hybridized carbons (Fsp3) is 0.520. The fourth-order valence-electron chi connectivity index (χ4n) is 4.53. The Labute approximate surface area is 185 Å². The number of aliphatic hydroxyl groups is 2. The third kappa shape index (κ3) is 5.98. The van der Waals surface area contributed by atoms with Crippen LogP contribution in [0.15, 0.2) is 54.6 Å². The molecule has 2 heterocycles. The average Bonchev–Trinajstić information content (AvgIpc) is 2.94. The smallest absolute Gasteiger partial charge is 0.134 e. The summed E-state index contributed by atoms with van der Waals surface area (Å²) in [6.07, 6.45) is 1.41. The van der Waals surface area contributed by atoms with Crippen molar-refractivity contribution in [3.05, 3.63) is 60.2 Å². The average molecular weight is 427 g/mol. The van der Waals surface area contributed by atoms with Crippen LogP contribution in [0.1, 0.15) is 18.4 Å². The van der Waals surface area contributed by atoms with E-state index < -0.39 is 11.2 Å². The molecule has 2 N–H and O–H groups in total. The maximum atomic E-state index is 11.3. The molecule has 0 aliphatic carbocycles. The number of hydrogen-bond acceptors (Lipinski definition) is 6. The van der Waals surface area contributed by atoms with Crippen LogP contribution in [-0.4, -0.2) is 78.9 Å². The monoisotopic (exact) mass is 426 g/mol. The molecule has 6 nitrogen and oxygen atoms in total. The predicted molar refractivity (Wildman–Crippen MR) is 122 cm³/mol. The van der Waals surface area contributed by atoms with E-state index in [1.807, 2.05) is 30.3 Å². The van der Waals surface area contributed by atoms with Crippen molar-refractivity contribution in [3.8, 4) is 5.75 Å². The molecule has 2 saturated heterocycles. The molecule has 0 spiro atoms. The summed E-state index contributed by atoms with van der Waals surface area (Å²) in [6, 6.07) is 18.0. The number of benzene rings is 2. The van der Waals surface area contributed by atoms with Crippen molar-refractivity contribution in [2.75, 3.05) is 57.4 Å². The van der Waals surface area contributed by atoms with E-state index in [1.165, 1.54) is 11.3 Å². The van der Waals surface area contributed by atoms with Crippen molar-refractivity contribution in [2.24, 2.45) is 0 Å². The zero-order valence-corrected chi connectivity index (χ0v) is 18.4. The zero-order chi connectivity index (χ0) is 21.7. The van der Waals surface area contributed by atoms with Crippen LogP contribution in [0.4, 0.5) is 5.69 Å². The van der Waals surface area contributed by atoms with Gasteiger partial charge in [-0.2, -0.15) is 0 Å². The van der Waals surface area contributed by atoms with Gasteiger partial charge in [0.05, 0.1) is 18.8 Å². The lowest BCUT2D eigenvalue weighted by molar-refractivity contribution is -0.0742. The van der Waals surface area contributed by atoms with Crippen molar-refractivity contribution < 1.29 is 19.7 Å². The summed E-state index contributed by atoms with van der Waals surface area (Å²) in [5, 5.41) is 22.4. The lowest BCUT2D eigenvalue weighted by Gasteiger charge is -2.42. The molecule has 0 saturated carbocycles. The van der Waals surface area contributed by atoms with Gasteiger partial charge in [-0.3, -0.25) is 4.90 Å². The number of nitrogens with zero attached hydrogens (tertiary/aromatic N) is 2. The number of hydrogen-bond donors (Lipinski definition) is 2. The van der Waals surface area contributed by atoms with Crippen LogP contribution >= 0.6 is 0 Å². The van der Waals surface area contributed by atoms with Crippen molar-refractivity contribution in [3.63, 3.8) is 0 Å². The highest BCUT2D eigenvalue weighted by Gasteiger charge is 2.39. The third-order valence-electron chi connectivity index (χ3n) is 6.27. The Balaban J connectivity index is 1.33. The normalized spacial score (nSPS) is 24.5. The van der Waals surface area contributed by atoms with Crippen LogP contribution in [0.5, 0.6) is 5.75 Å². The Morgan fingerprint density at radius 2 is 1.74 bits per heavy atom. The minimum absolute atomic E-state index is 0.160. The molecule has 2 aromatic carbocycles. The molecule has 31 heavy (non-hydrogen) atoms. The lowest BCUT2D eigenvalue weighted by atomic mass is 9.90. The summed E-state index contributed by atoms with van der Waals surface area (Å²) >= 11 is 0. The van der Waals surface area contributed by atoms with E-state index in [0.717, 1.165) is 18.8 Å². The fourth-order valence-corrected chi connectivity index (χ4v) is 4.53. The summed E-state index contributed by atoms with van der Waals surface area (Å²) in [4.78, 5) is 4.47. The molecule has 2 fully saturated rings. The first kappa shape index (κ1) is 22.1. The third-order valence-corrected chi connectivity index (χ3v) is 6.27. The minimum atomic E-state index is -1.11. The first-order valence-corrected chi connectivity index (χ1v) is 11.2. The van der Waals surface area contributed by atoms with Crippen molar-refractivity contribution >= 4 is 5.69 Å². The second-order valence-corrected chi connectivity index (χ2v) is 9.14. The van der Waals surface area contributed by atoms with Gasteiger partial charge in [-0.1, -0.05) is 30.3 Å². The second-order valence-electron chi connectivity index (χ2n) is 9.14. The van der Waals surface area contributed by atoms with E-state index in [-0.39, 0.29) is 13.2 Å². The van der Waals surface area contributed by atoms with Gasteiger partial charge in [-0.15, -0.1) is 0 Å². The van der Waals surface area contributed by atoms with Gasteiger partial charge in [0.15, 0.2) is 0 Å². The summed E-state index contributed by atoms with van der Waals surface area (Å²) in [5.41, 5.74) is 0.606. The van der Waals surface area contributed by atoms with Crippen molar-refractivity contribution in [2.45, 2.75) is 31.0 Å². The number of para-hydroxylation sites is 1. The first-order valence-electron chi connectivity index (χ1n) is 11.2. The van der Waals surface area contributed by atoms with E-state index in [1.54, 1.807) is 0 Å². The molecule has 0 unspecified atom stereocenters. The standard InChI is InChI=1S/C25H34N2O4/c1-21-6-5-7-22(16-21)27-12-10-24(28,11-13-27)17-26-14-15-30-19-25(29,18-26)20-31-23-8-3-2-4-9-23/h2-9,16,28-29H,10-15,17-20H2,1H3/t25-/m0/s1. The van der Waals surface area contributed by atoms with Crippen molar-refractivity contribution in [1.82, 2.24) is 4.90 Å². The maximum absolute atomic E-state index is 11.3. The molecule has 0 radical (unpaired) electrons. The Kier molecular flexibility index (Phi) is 6.82. The predicted octanol–water partition coefficient (Wildman–Crippen LogP) is 2.47. The van der Waals surface area contributed by atoms with E-state index in [0.29, 0.717) is 39.1 Å². The zero-order valence-electron chi connectivity index (χ0n) is 18.4. The van der Waals surface area contributed by atoms with Gasteiger partial charge < -0.3 is 24.6 Å². The molecular weight excluding hydrogens is 392 g/mol. The molecule has 4 rings (SSSR count). The molecule has 0 bridgehead atoms. The number of rotatable bonds is 6. The number of β-amino-alcohol motifs (C(OH)–C–C–N with tert-alkyl or cyclic N) is 2. The Morgan fingerprint density at radius 1 is 0.968 bits per heavy atom. The SMILES string of the molecule is Cc1cccc(N2CCC(O)(CN3CCOC[C@](O)(COc4ccccc4)C3)CC2)c1. The van der Waals surface area contributed by atoms with Crippen LogP contribution < -0.4 is 9.64 Å². The highest BCUT2D eigenvalue weighted by molar-refractivity contribution is 5.48. The molecular formula is C25H34N2O4. The molecule has 2 aliphatic heterocycles. The highest BCUT2D eigenvalue weighted by atomic mass is 16.5. The van der Waals surface area contributed by atoms with E-state index in [4.69, 9.17) is 9.47 Å². The molecule has 168 valence electrons. The molecule has 0 aromatic heterocycles. The molecule has 2 aromatic rings. The van der Waals surface area contributed by atoms with Gasteiger partial charge in [-0.05, 0) is 49.6 Å². The van der Waals surface area contributed by atoms with E-state index >= 15 is 0 Å². The Morgan fingerprint density at radius 3 is 2.48 bits per heavy atom. The molecule has 6 heteroatoms. The number of piperidine rings is 1. The van der Waals surface area contributed by atoms with E-state index in [9.17, 15) is 10.2 Å². The quantitative estimate of drug-likeness (QED) is 0.740. The molecule has 0 amide bonds. The van der Waals surface area contributed by atoms with Gasteiger partial charge in [0, 0.05) is 38.4 Å². The molecule has 1 atom stereocenters. The Hall–Kier alpha value is -2.12. The van der Waals surface area contributed by atoms with Gasteiger partial charge in [0.25, 0.3) is 0 Å². The second kappa shape index (κ2) is 9.57. The lowest BCUT2D eigenvalue weighted by Crippen LogP contribution is -2.55. The van der Waals surface area contributed by atoms with Gasteiger partial charge in [0.1, 0.15) is 18.0 Å². The van der Waals surface area contributed by atoms with Crippen LogP contribution in [0.25, 0.3) is 0 Å². The van der Waals surface area contributed by atoms with Gasteiger partial charge in [-0.25, -0.2) is 0 Å². The summed E-state index contributed by atoms with van der Waals surface area (Å²) in [6.45, 7) is 6.33. The van der Waals surface area contributed by atoms with Crippen LogP contribution in [0.2, 0.25) is 0 Å². The minimum Gasteiger partial charge on any atom is -0.490 e. The van der Waals surface area contributed by atoms with Crippen molar-refractivity contribution in [1.29, 1.82) is 0 Å².